The first-order chi connectivity index (χ1) is 5.91. The van der Waals surface area contributed by atoms with Gasteiger partial charge in [-0.15, -0.1) is 0 Å². The Morgan fingerprint density at radius 3 is 2.38 bits per heavy atom. The Kier molecular flexibility index (Phi) is 2.96. The summed E-state index contributed by atoms with van der Waals surface area (Å²) in [5, 5.41) is 3.25. The molecule has 0 spiro atoms. The minimum Gasteiger partial charge on any atom is -0.368 e. The minimum atomic E-state index is -0.242. The van der Waals surface area contributed by atoms with Gasteiger partial charge in [0, 0.05) is 0 Å². The number of amides is 1. The van der Waals surface area contributed by atoms with Crippen LogP contribution in [0.4, 0.5) is 0 Å². The van der Waals surface area contributed by atoms with Crippen LogP contribution in [0, 0.1) is 11.3 Å². The number of nitrogens with two attached hydrogens (primary N) is 1. The zero-order valence-corrected chi connectivity index (χ0v) is 8.76. The summed E-state index contributed by atoms with van der Waals surface area (Å²) in [4.78, 5) is 11.1. The fourth-order valence-electron chi connectivity index (χ4n) is 1.44. The molecule has 3 nitrogen and oxygen atoms in total. The van der Waals surface area contributed by atoms with Crippen molar-refractivity contribution in [2.75, 3.05) is 6.54 Å². The van der Waals surface area contributed by atoms with Crippen LogP contribution >= 0.6 is 0 Å². The summed E-state index contributed by atoms with van der Waals surface area (Å²) in [5.74, 6) is 0.539. The molecule has 76 valence electrons. The molecule has 0 heterocycles. The van der Waals surface area contributed by atoms with Crippen molar-refractivity contribution in [3.8, 4) is 0 Å². The summed E-state index contributed by atoms with van der Waals surface area (Å²) in [6.07, 6.45) is 2.59. The lowest BCUT2D eigenvalue weighted by Gasteiger charge is -2.28. The second-order valence-electron chi connectivity index (χ2n) is 5.05. The molecule has 1 fully saturated rings. The molecule has 1 unspecified atom stereocenters. The normalized spacial score (nSPS) is 19.9. The molecule has 0 aromatic carbocycles. The molecule has 0 bridgehead atoms. The minimum absolute atomic E-state index is 0.0826. The highest BCUT2D eigenvalue weighted by Crippen LogP contribution is 2.28. The lowest BCUT2D eigenvalue weighted by atomic mass is 9.86. The Morgan fingerprint density at radius 1 is 1.54 bits per heavy atom. The van der Waals surface area contributed by atoms with Gasteiger partial charge in [-0.2, -0.15) is 0 Å². The number of nitrogens with one attached hydrogen (secondary N) is 1. The Balaban J connectivity index is 2.41. The number of hydrogen-bond acceptors (Lipinski definition) is 2. The average molecular weight is 184 g/mol. The predicted octanol–water partition coefficient (Wildman–Crippen LogP) is 0.886. The molecule has 0 aliphatic heterocycles. The molecule has 0 aromatic rings. The SMILES string of the molecule is CC(C)(C)C(NCC1CC1)C(N)=O. The lowest BCUT2D eigenvalue weighted by Crippen LogP contribution is -2.50. The van der Waals surface area contributed by atoms with Gasteiger partial charge < -0.3 is 11.1 Å². The molecule has 3 N–H and O–H groups in total. The number of rotatable bonds is 4. The van der Waals surface area contributed by atoms with E-state index in [1.54, 1.807) is 0 Å². The van der Waals surface area contributed by atoms with Crippen molar-refractivity contribution in [3.05, 3.63) is 0 Å². The quantitative estimate of drug-likeness (QED) is 0.681. The maximum absolute atomic E-state index is 11.1. The first kappa shape index (κ1) is 10.5. The highest BCUT2D eigenvalue weighted by Gasteiger charge is 2.31. The summed E-state index contributed by atoms with van der Waals surface area (Å²) < 4.78 is 0. The van der Waals surface area contributed by atoms with Crippen LogP contribution in [0.2, 0.25) is 0 Å². The molecular weight excluding hydrogens is 164 g/mol. The van der Waals surface area contributed by atoms with Crippen molar-refractivity contribution >= 4 is 5.91 Å². The third-order valence-electron chi connectivity index (χ3n) is 2.46. The third kappa shape index (κ3) is 3.35. The van der Waals surface area contributed by atoms with E-state index in [1.165, 1.54) is 12.8 Å². The van der Waals surface area contributed by atoms with Crippen molar-refractivity contribution in [2.45, 2.75) is 39.7 Å². The Bertz CT molecular complexity index is 192. The summed E-state index contributed by atoms with van der Waals surface area (Å²) in [5.41, 5.74) is 5.25. The van der Waals surface area contributed by atoms with Crippen molar-refractivity contribution in [1.29, 1.82) is 0 Å². The van der Waals surface area contributed by atoms with Gasteiger partial charge in [-0.3, -0.25) is 4.79 Å². The van der Waals surface area contributed by atoms with Crippen molar-refractivity contribution < 1.29 is 4.79 Å². The topological polar surface area (TPSA) is 55.1 Å². The molecule has 1 rings (SSSR count). The Hall–Kier alpha value is -0.570. The highest BCUT2D eigenvalue weighted by molar-refractivity contribution is 5.80. The van der Waals surface area contributed by atoms with Gasteiger partial charge in [-0.05, 0) is 30.7 Å². The van der Waals surface area contributed by atoms with Crippen molar-refractivity contribution in [2.24, 2.45) is 17.1 Å². The molecule has 13 heavy (non-hydrogen) atoms. The molecule has 0 aromatic heterocycles. The molecule has 1 aliphatic carbocycles. The van der Waals surface area contributed by atoms with E-state index in [0.29, 0.717) is 0 Å². The summed E-state index contributed by atoms with van der Waals surface area (Å²) in [6.45, 7) is 7.03. The maximum Gasteiger partial charge on any atom is 0.235 e. The molecule has 1 aliphatic rings. The monoisotopic (exact) mass is 184 g/mol. The van der Waals surface area contributed by atoms with Gasteiger partial charge in [-0.1, -0.05) is 20.8 Å². The van der Waals surface area contributed by atoms with Crippen LogP contribution in [0.1, 0.15) is 33.6 Å². The molecular formula is C10H20N2O. The van der Waals surface area contributed by atoms with E-state index in [2.05, 4.69) is 5.32 Å². The zero-order valence-electron chi connectivity index (χ0n) is 8.76. The van der Waals surface area contributed by atoms with Gasteiger partial charge in [0.25, 0.3) is 0 Å². The number of carbonyl (C=O) groups is 1. The van der Waals surface area contributed by atoms with Crippen LogP contribution in [0.5, 0.6) is 0 Å². The van der Waals surface area contributed by atoms with Crippen LogP contribution in [-0.4, -0.2) is 18.5 Å². The van der Waals surface area contributed by atoms with Crippen LogP contribution < -0.4 is 11.1 Å². The lowest BCUT2D eigenvalue weighted by molar-refractivity contribution is -0.122. The Labute approximate surface area is 80.1 Å². The maximum atomic E-state index is 11.1. The number of primary amides is 1. The highest BCUT2D eigenvalue weighted by atomic mass is 16.1. The predicted molar refractivity (Wildman–Crippen MR) is 53.2 cm³/mol. The first-order valence-corrected chi connectivity index (χ1v) is 4.94. The van der Waals surface area contributed by atoms with Crippen molar-refractivity contribution in [3.63, 3.8) is 0 Å². The van der Waals surface area contributed by atoms with Gasteiger partial charge in [0.15, 0.2) is 0 Å². The van der Waals surface area contributed by atoms with Gasteiger partial charge >= 0.3 is 0 Å². The molecule has 1 amide bonds. The van der Waals surface area contributed by atoms with E-state index in [-0.39, 0.29) is 17.4 Å². The van der Waals surface area contributed by atoms with Gasteiger partial charge in [0.2, 0.25) is 5.91 Å². The second kappa shape index (κ2) is 3.66. The summed E-state index contributed by atoms with van der Waals surface area (Å²) >= 11 is 0. The van der Waals surface area contributed by atoms with E-state index in [9.17, 15) is 4.79 Å². The second-order valence-corrected chi connectivity index (χ2v) is 5.05. The zero-order chi connectivity index (χ0) is 10.1. The molecule has 0 radical (unpaired) electrons. The molecule has 3 heteroatoms. The fraction of sp³-hybridized carbons (Fsp3) is 0.900. The van der Waals surface area contributed by atoms with Crippen LogP contribution in [-0.2, 0) is 4.79 Å². The average Bonchev–Trinajstić information content (AvgIpc) is 2.66. The van der Waals surface area contributed by atoms with Gasteiger partial charge in [0.1, 0.15) is 0 Å². The van der Waals surface area contributed by atoms with E-state index >= 15 is 0 Å². The third-order valence-corrected chi connectivity index (χ3v) is 2.46. The van der Waals surface area contributed by atoms with Gasteiger partial charge in [-0.25, -0.2) is 0 Å². The number of carbonyl (C=O) groups excluding carboxylic acids is 1. The van der Waals surface area contributed by atoms with Crippen molar-refractivity contribution in [1.82, 2.24) is 5.32 Å². The smallest absolute Gasteiger partial charge is 0.235 e. The van der Waals surface area contributed by atoms with E-state index in [4.69, 9.17) is 5.73 Å². The van der Waals surface area contributed by atoms with Crippen LogP contribution in [0.15, 0.2) is 0 Å². The summed E-state index contributed by atoms with van der Waals surface area (Å²) in [7, 11) is 0. The molecule has 1 saturated carbocycles. The Morgan fingerprint density at radius 2 is 2.08 bits per heavy atom. The van der Waals surface area contributed by atoms with E-state index < -0.39 is 0 Å². The first-order valence-electron chi connectivity index (χ1n) is 4.94. The largest absolute Gasteiger partial charge is 0.368 e. The molecule has 0 saturated heterocycles. The van der Waals surface area contributed by atoms with Crippen LogP contribution in [0.3, 0.4) is 0 Å². The van der Waals surface area contributed by atoms with Crippen LogP contribution in [0.25, 0.3) is 0 Å². The van der Waals surface area contributed by atoms with E-state index in [1.807, 2.05) is 20.8 Å². The molecule has 1 atom stereocenters. The van der Waals surface area contributed by atoms with Gasteiger partial charge in [0.05, 0.1) is 6.04 Å². The fourth-order valence-corrected chi connectivity index (χ4v) is 1.44. The standard InChI is InChI=1S/C10H20N2O/c1-10(2,3)8(9(11)13)12-6-7-4-5-7/h7-8,12H,4-6H2,1-3H3,(H2,11,13). The van der Waals surface area contributed by atoms with E-state index in [0.717, 1.165) is 12.5 Å². The summed E-state index contributed by atoms with van der Waals surface area (Å²) in [6, 6.07) is -0.201. The number of hydrogen-bond donors (Lipinski definition) is 2.